The number of furan rings is 1. The van der Waals surface area contributed by atoms with E-state index >= 15 is 0 Å². The summed E-state index contributed by atoms with van der Waals surface area (Å²) in [5.74, 6) is 0. The van der Waals surface area contributed by atoms with Gasteiger partial charge in [0, 0.05) is 27.3 Å². The molecule has 0 saturated carbocycles. The van der Waals surface area contributed by atoms with E-state index in [4.69, 9.17) is 9.40 Å². The molecule has 0 aliphatic heterocycles. The molecule has 2 aromatic heterocycles. The lowest BCUT2D eigenvalue weighted by molar-refractivity contribution is 0.658. The van der Waals surface area contributed by atoms with Gasteiger partial charge < -0.3 is 4.42 Å². The van der Waals surface area contributed by atoms with Crippen LogP contribution in [0.4, 0.5) is 0 Å². The molecule has 0 saturated heterocycles. The highest BCUT2D eigenvalue weighted by Crippen LogP contribution is 2.51. The first-order chi connectivity index (χ1) is 22.5. The van der Waals surface area contributed by atoms with Crippen molar-refractivity contribution in [2.75, 3.05) is 0 Å². The van der Waals surface area contributed by atoms with Crippen molar-refractivity contribution in [2.24, 2.45) is 0 Å². The second-order valence-corrected chi connectivity index (χ2v) is 12.8. The smallest absolute Gasteiger partial charge is 0.136 e. The normalized spacial score (nSPS) is 13.2. The fourth-order valence-electron chi connectivity index (χ4n) is 7.20. The Bertz CT molecular complexity index is 2360. The van der Waals surface area contributed by atoms with Crippen LogP contribution in [0, 0.1) is 0 Å². The Balaban J connectivity index is 1.09. The molecule has 0 unspecified atom stereocenters. The number of fused-ring (bicyclic) bond motifs is 6. The minimum atomic E-state index is -0.119. The number of rotatable bonds is 4. The molecule has 0 atom stereocenters. The zero-order chi connectivity index (χ0) is 30.8. The molecule has 0 radical (unpaired) electrons. The predicted molar refractivity (Wildman–Crippen MR) is 191 cm³/mol. The standard InChI is InChI=1S/C44H31NO/c1-44(2)38-23-32(21-22-34(38)36-27-43-37(26-39(36)44)35-15-9-10-16-42(35)46-43)28-17-19-29(20-18-28)33-24-40(30-11-5-3-6-12-30)45-41(25-33)31-13-7-4-8-14-31/h3-27H,1-2H3. The molecule has 2 heterocycles. The second kappa shape index (κ2) is 10.2. The van der Waals surface area contributed by atoms with E-state index in [1.807, 2.05) is 18.2 Å². The van der Waals surface area contributed by atoms with Crippen molar-refractivity contribution in [1.82, 2.24) is 4.98 Å². The van der Waals surface area contributed by atoms with Crippen LogP contribution in [0.2, 0.25) is 0 Å². The number of nitrogens with zero attached hydrogens (tertiary/aromatic N) is 1. The highest BCUT2D eigenvalue weighted by atomic mass is 16.3. The summed E-state index contributed by atoms with van der Waals surface area (Å²) in [5.41, 5.74) is 16.0. The van der Waals surface area contributed by atoms with Crippen molar-refractivity contribution in [2.45, 2.75) is 19.3 Å². The number of hydrogen-bond acceptors (Lipinski definition) is 2. The van der Waals surface area contributed by atoms with Crippen LogP contribution in [-0.4, -0.2) is 4.98 Å². The van der Waals surface area contributed by atoms with Gasteiger partial charge in [0.2, 0.25) is 0 Å². The SMILES string of the molecule is CC1(C)c2cc(-c3ccc(-c4cc(-c5ccccc5)nc(-c5ccccc5)c4)cc3)ccc2-c2cc3oc4ccccc4c3cc21. The molecule has 1 aliphatic rings. The number of aromatic nitrogens is 1. The second-order valence-electron chi connectivity index (χ2n) is 12.8. The number of benzene rings is 6. The van der Waals surface area contributed by atoms with E-state index in [0.717, 1.165) is 39.2 Å². The van der Waals surface area contributed by atoms with Crippen LogP contribution < -0.4 is 0 Å². The van der Waals surface area contributed by atoms with Crippen LogP contribution in [0.1, 0.15) is 25.0 Å². The lowest BCUT2D eigenvalue weighted by Gasteiger charge is -2.22. The van der Waals surface area contributed by atoms with Gasteiger partial charge >= 0.3 is 0 Å². The molecule has 2 heteroatoms. The van der Waals surface area contributed by atoms with Crippen LogP contribution in [-0.2, 0) is 5.41 Å². The van der Waals surface area contributed by atoms with Gasteiger partial charge in [0.1, 0.15) is 11.2 Å². The molecule has 46 heavy (non-hydrogen) atoms. The Labute approximate surface area is 268 Å². The fraction of sp³-hybridized carbons (Fsp3) is 0.0682. The van der Waals surface area contributed by atoms with Gasteiger partial charge in [-0.15, -0.1) is 0 Å². The lowest BCUT2D eigenvalue weighted by Crippen LogP contribution is -2.15. The summed E-state index contributed by atoms with van der Waals surface area (Å²) in [5, 5.41) is 2.36. The van der Waals surface area contributed by atoms with Gasteiger partial charge in [0.05, 0.1) is 11.4 Å². The summed E-state index contributed by atoms with van der Waals surface area (Å²) >= 11 is 0. The summed E-state index contributed by atoms with van der Waals surface area (Å²) in [7, 11) is 0. The molecule has 0 bridgehead atoms. The average molecular weight is 590 g/mol. The molecule has 0 fully saturated rings. The molecule has 218 valence electrons. The monoisotopic (exact) mass is 589 g/mol. The molecule has 0 N–H and O–H groups in total. The first kappa shape index (κ1) is 26.7. The van der Waals surface area contributed by atoms with Gasteiger partial charge in [0.25, 0.3) is 0 Å². The maximum absolute atomic E-state index is 6.26. The highest BCUT2D eigenvalue weighted by molar-refractivity contribution is 6.07. The topological polar surface area (TPSA) is 26.0 Å². The van der Waals surface area contributed by atoms with Gasteiger partial charge in [-0.2, -0.15) is 0 Å². The number of pyridine rings is 1. The maximum atomic E-state index is 6.26. The van der Waals surface area contributed by atoms with Crippen LogP contribution >= 0.6 is 0 Å². The van der Waals surface area contributed by atoms with Gasteiger partial charge in [-0.05, 0) is 80.9 Å². The molecule has 8 aromatic rings. The van der Waals surface area contributed by atoms with Gasteiger partial charge in [-0.3, -0.25) is 0 Å². The van der Waals surface area contributed by atoms with Crippen molar-refractivity contribution in [3.05, 3.63) is 163 Å². The summed E-state index contributed by atoms with van der Waals surface area (Å²) in [6, 6.07) is 54.1. The van der Waals surface area contributed by atoms with Crippen molar-refractivity contribution in [3.63, 3.8) is 0 Å². The fourth-order valence-corrected chi connectivity index (χ4v) is 7.20. The summed E-state index contributed by atoms with van der Waals surface area (Å²) in [6.45, 7) is 4.69. The largest absolute Gasteiger partial charge is 0.456 e. The predicted octanol–water partition coefficient (Wildman–Crippen LogP) is 12.0. The Hall–Kier alpha value is -5.73. The molecule has 6 aromatic carbocycles. The highest BCUT2D eigenvalue weighted by Gasteiger charge is 2.36. The van der Waals surface area contributed by atoms with Crippen LogP contribution in [0.5, 0.6) is 0 Å². The third kappa shape index (κ3) is 4.22. The quantitative estimate of drug-likeness (QED) is 0.204. The molecule has 2 nitrogen and oxygen atoms in total. The summed E-state index contributed by atoms with van der Waals surface area (Å²) < 4.78 is 6.26. The first-order valence-electron chi connectivity index (χ1n) is 15.9. The number of hydrogen-bond donors (Lipinski definition) is 0. The Kier molecular flexibility index (Phi) is 5.88. The van der Waals surface area contributed by atoms with E-state index in [9.17, 15) is 0 Å². The minimum Gasteiger partial charge on any atom is -0.456 e. The van der Waals surface area contributed by atoms with Gasteiger partial charge in [0.15, 0.2) is 0 Å². The Morgan fingerprint density at radius 1 is 0.413 bits per heavy atom. The molecule has 0 spiro atoms. The third-order valence-corrected chi connectivity index (χ3v) is 9.69. The molecule has 1 aliphatic carbocycles. The van der Waals surface area contributed by atoms with Gasteiger partial charge in [-0.25, -0.2) is 4.98 Å². The van der Waals surface area contributed by atoms with Crippen molar-refractivity contribution < 1.29 is 4.42 Å². The zero-order valence-electron chi connectivity index (χ0n) is 25.8. The van der Waals surface area contributed by atoms with Crippen molar-refractivity contribution in [1.29, 1.82) is 0 Å². The third-order valence-electron chi connectivity index (χ3n) is 9.69. The van der Waals surface area contributed by atoms with Gasteiger partial charge in [-0.1, -0.05) is 129 Å². The van der Waals surface area contributed by atoms with Crippen molar-refractivity contribution in [3.8, 4) is 55.9 Å². The zero-order valence-corrected chi connectivity index (χ0v) is 25.8. The summed E-state index contributed by atoms with van der Waals surface area (Å²) in [4.78, 5) is 5.05. The van der Waals surface area contributed by atoms with E-state index in [1.54, 1.807) is 0 Å². The van der Waals surface area contributed by atoms with E-state index in [2.05, 4.69) is 147 Å². The van der Waals surface area contributed by atoms with E-state index in [1.165, 1.54) is 49.7 Å². The summed E-state index contributed by atoms with van der Waals surface area (Å²) in [6.07, 6.45) is 0. The maximum Gasteiger partial charge on any atom is 0.136 e. The van der Waals surface area contributed by atoms with E-state index in [-0.39, 0.29) is 5.41 Å². The van der Waals surface area contributed by atoms with Crippen LogP contribution in [0.25, 0.3) is 77.8 Å². The molecule has 9 rings (SSSR count). The molecule has 0 amide bonds. The molecular formula is C44H31NO. The Morgan fingerprint density at radius 3 is 1.65 bits per heavy atom. The average Bonchev–Trinajstić information content (AvgIpc) is 3.59. The van der Waals surface area contributed by atoms with Crippen molar-refractivity contribution >= 4 is 21.9 Å². The van der Waals surface area contributed by atoms with E-state index in [0.29, 0.717) is 0 Å². The minimum absolute atomic E-state index is 0.119. The Morgan fingerprint density at radius 2 is 0.978 bits per heavy atom. The van der Waals surface area contributed by atoms with Crippen LogP contribution in [0.15, 0.2) is 156 Å². The van der Waals surface area contributed by atoms with E-state index < -0.39 is 0 Å². The number of para-hydroxylation sites is 1. The van der Waals surface area contributed by atoms with Crippen LogP contribution in [0.3, 0.4) is 0 Å². The first-order valence-corrected chi connectivity index (χ1v) is 15.9. The molecular weight excluding hydrogens is 558 g/mol. The lowest BCUT2D eigenvalue weighted by atomic mass is 9.81.